The summed E-state index contributed by atoms with van der Waals surface area (Å²) in [5.74, 6) is 1.16. The Morgan fingerprint density at radius 3 is 2.19 bits per heavy atom. The molecule has 0 amide bonds. The maximum atomic E-state index is 13.4. The molecule has 0 aromatic heterocycles. The summed E-state index contributed by atoms with van der Waals surface area (Å²) in [5.41, 5.74) is 1.97. The lowest BCUT2D eigenvalue weighted by atomic mass is 10.2. The van der Waals surface area contributed by atoms with Crippen LogP contribution in [0.3, 0.4) is 0 Å². The van der Waals surface area contributed by atoms with Crippen molar-refractivity contribution in [2.45, 2.75) is 13.1 Å². The van der Waals surface area contributed by atoms with Crippen molar-refractivity contribution in [3.8, 4) is 11.5 Å². The van der Waals surface area contributed by atoms with Crippen molar-refractivity contribution in [1.29, 1.82) is 0 Å². The highest BCUT2D eigenvalue weighted by atomic mass is 79.9. The fourth-order valence-electron chi connectivity index (χ4n) is 1.99. The Morgan fingerprint density at radius 2 is 1.57 bits per heavy atom. The van der Waals surface area contributed by atoms with Crippen LogP contribution in [0, 0.1) is 5.82 Å². The molecule has 0 heterocycles. The Labute approximate surface area is 132 Å². The zero-order chi connectivity index (χ0) is 15.2. The summed E-state index contributed by atoms with van der Waals surface area (Å²) in [4.78, 5) is 0. The first kappa shape index (κ1) is 15.8. The molecule has 0 radical (unpaired) electrons. The standard InChI is InChI=1S/C16H17BrFNO2/c1-20-15-6-4-12(8-16(15)21-2)10-19-9-11-3-5-13(17)14(18)7-11/h3-8,19H,9-10H2,1-2H3. The summed E-state index contributed by atoms with van der Waals surface area (Å²) in [6, 6.07) is 10.9. The van der Waals surface area contributed by atoms with Gasteiger partial charge in [-0.05, 0) is 51.3 Å². The van der Waals surface area contributed by atoms with Crippen molar-refractivity contribution in [2.75, 3.05) is 14.2 Å². The summed E-state index contributed by atoms with van der Waals surface area (Å²) in [7, 11) is 3.22. The highest BCUT2D eigenvalue weighted by Crippen LogP contribution is 2.27. The van der Waals surface area contributed by atoms with E-state index in [4.69, 9.17) is 9.47 Å². The Balaban J connectivity index is 1.95. The molecule has 2 rings (SSSR count). The van der Waals surface area contributed by atoms with Gasteiger partial charge in [0.15, 0.2) is 11.5 Å². The maximum Gasteiger partial charge on any atom is 0.161 e. The highest BCUT2D eigenvalue weighted by Gasteiger charge is 2.05. The lowest BCUT2D eigenvalue weighted by molar-refractivity contribution is 0.354. The third-order valence-electron chi connectivity index (χ3n) is 3.09. The molecule has 2 aromatic rings. The molecule has 0 spiro atoms. The second kappa shape index (κ2) is 7.43. The average Bonchev–Trinajstić information content (AvgIpc) is 2.50. The molecule has 21 heavy (non-hydrogen) atoms. The van der Waals surface area contributed by atoms with Crippen LogP contribution in [0.4, 0.5) is 4.39 Å². The summed E-state index contributed by atoms with van der Waals surface area (Å²) >= 11 is 3.14. The molecular formula is C16H17BrFNO2. The summed E-state index contributed by atoms with van der Waals surface area (Å²) < 4.78 is 24.3. The van der Waals surface area contributed by atoms with E-state index in [9.17, 15) is 4.39 Å². The first-order chi connectivity index (χ1) is 10.1. The van der Waals surface area contributed by atoms with Gasteiger partial charge in [-0.3, -0.25) is 0 Å². The summed E-state index contributed by atoms with van der Waals surface area (Å²) in [6.07, 6.45) is 0. The number of methoxy groups -OCH3 is 2. The second-order valence-electron chi connectivity index (χ2n) is 4.54. The molecule has 0 fully saturated rings. The molecule has 0 unspecified atom stereocenters. The van der Waals surface area contributed by atoms with E-state index in [-0.39, 0.29) is 5.82 Å². The van der Waals surface area contributed by atoms with Gasteiger partial charge < -0.3 is 14.8 Å². The van der Waals surface area contributed by atoms with Gasteiger partial charge in [0.1, 0.15) is 5.82 Å². The SMILES string of the molecule is COc1ccc(CNCc2ccc(Br)c(F)c2)cc1OC. The average molecular weight is 354 g/mol. The number of ether oxygens (including phenoxy) is 2. The van der Waals surface area contributed by atoms with Gasteiger partial charge >= 0.3 is 0 Å². The van der Waals surface area contributed by atoms with E-state index in [1.807, 2.05) is 24.3 Å². The molecule has 2 aromatic carbocycles. The van der Waals surface area contributed by atoms with Crippen LogP contribution in [0.2, 0.25) is 0 Å². The largest absolute Gasteiger partial charge is 0.493 e. The van der Waals surface area contributed by atoms with Crippen LogP contribution < -0.4 is 14.8 Å². The minimum absolute atomic E-state index is 0.250. The first-order valence-corrected chi connectivity index (χ1v) is 7.29. The van der Waals surface area contributed by atoms with E-state index in [1.54, 1.807) is 20.3 Å². The van der Waals surface area contributed by atoms with Gasteiger partial charge in [-0.25, -0.2) is 4.39 Å². The van der Waals surface area contributed by atoms with Crippen molar-refractivity contribution < 1.29 is 13.9 Å². The van der Waals surface area contributed by atoms with Crippen LogP contribution in [0.5, 0.6) is 11.5 Å². The van der Waals surface area contributed by atoms with Crippen molar-refractivity contribution in [3.63, 3.8) is 0 Å². The summed E-state index contributed by atoms with van der Waals surface area (Å²) in [6.45, 7) is 1.26. The maximum absolute atomic E-state index is 13.4. The Kier molecular flexibility index (Phi) is 5.59. The normalized spacial score (nSPS) is 10.5. The Morgan fingerprint density at radius 1 is 0.952 bits per heavy atom. The predicted octanol–water partition coefficient (Wildman–Crippen LogP) is 3.90. The number of benzene rings is 2. The van der Waals surface area contributed by atoms with E-state index in [0.29, 0.717) is 29.1 Å². The zero-order valence-corrected chi connectivity index (χ0v) is 13.5. The van der Waals surface area contributed by atoms with Crippen molar-refractivity contribution in [2.24, 2.45) is 0 Å². The van der Waals surface area contributed by atoms with Crippen molar-refractivity contribution in [1.82, 2.24) is 5.32 Å². The van der Waals surface area contributed by atoms with Crippen LogP contribution >= 0.6 is 15.9 Å². The number of halogens is 2. The van der Waals surface area contributed by atoms with Crippen LogP contribution in [0.15, 0.2) is 40.9 Å². The molecule has 0 bridgehead atoms. The smallest absolute Gasteiger partial charge is 0.161 e. The molecule has 0 saturated carbocycles. The molecule has 0 aliphatic carbocycles. The van der Waals surface area contributed by atoms with E-state index in [1.165, 1.54) is 6.07 Å². The topological polar surface area (TPSA) is 30.5 Å². The fourth-order valence-corrected chi connectivity index (χ4v) is 2.24. The van der Waals surface area contributed by atoms with Gasteiger partial charge in [0.05, 0.1) is 18.7 Å². The highest BCUT2D eigenvalue weighted by molar-refractivity contribution is 9.10. The molecular weight excluding hydrogens is 337 g/mol. The van der Waals surface area contributed by atoms with Gasteiger partial charge in [0.2, 0.25) is 0 Å². The lowest BCUT2D eigenvalue weighted by Gasteiger charge is -2.10. The predicted molar refractivity (Wildman–Crippen MR) is 84.2 cm³/mol. The third-order valence-corrected chi connectivity index (χ3v) is 3.73. The second-order valence-corrected chi connectivity index (χ2v) is 5.40. The minimum Gasteiger partial charge on any atom is -0.493 e. The van der Waals surface area contributed by atoms with E-state index >= 15 is 0 Å². The monoisotopic (exact) mass is 353 g/mol. The quantitative estimate of drug-likeness (QED) is 0.854. The number of hydrogen-bond donors (Lipinski definition) is 1. The first-order valence-electron chi connectivity index (χ1n) is 6.49. The molecule has 3 nitrogen and oxygen atoms in total. The van der Waals surface area contributed by atoms with Gasteiger partial charge in [0.25, 0.3) is 0 Å². The van der Waals surface area contributed by atoms with Gasteiger partial charge in [-0.1, -0.05) is 12.1 Å². The van der Waals surface area contributed by atoms with Crippen LogP contribution in [-0.4, -0.2) is 14.2 Å². The fraction of sp³-hybridized carbons (Fsp3) is 0.250. The molecule has 0 saturated heterocycles. The van der Waals surface area contributed by atoms with Crippen LogP contribution in [0.25, 0.3) is 0 Å². The van der Waals surface area contributed by atoms with E-state index in [0.717, 1.165) is 11.1 Å². The van der Waals surface area contributed by atoms with Crippen LogP contribution in [-0.2, 0) is 13.1 Å². The van der Waals surface area contributed by atoms with Gasteiger partial charge in [-0.2, -0.15) is 0 Å². The number of hydrogen-bond acceptors (Lipinski definition) is 3. The van der Waals surface area contributed by atoms with E-state index in [2.05, 4.69) is 21.2 Å². The molecule has 5 heteroatoms. The Bertz CT molecular complexity index is 619. The lowest BCUT2D eigenvalue weighted by Crippen LogP contribution is -2.13. The third kappa shape index (κ3) is 4.19. The zero-order valence-electron chi connectivity index (χ0n) is 12.0. The van der Waals surface area contributed by atoms with E-state index < -0.39 is 0 Å². The molecule has 112 valence electrons. The Hall–Kier alpha value is -1.59. The molecule has 0 aliphatic rings. The van der Waals surface area contributed by atoms with Crippen molar-refractivity contribution in [3.05, 3.63) is 57.8 Å². The summed E-state index contributed by atoms with van der Waals surface area (Å²) in [5, 5.41) is 3.28. The molecule has 0 atom stereocenters. The molecule has 0 aliphatic heterocycles. The van der Waals surface area contributed by atoms with Crippen LogP contribution in [0.1, 0.15) is 11.1 Å². The number of rotatable bonds is 6. The van der Waals surface area contributed by atoms with Gasteiger partial charge in [0, 0.05) is 13.1 Å². The molecule has 1 N–H and O–H groups in total. The van der Waals surface area contributed by atoms with Crippen molar-refractivity contribution >= 4 is 15.9 Å². The minimum atomic E-state index is -0.250. The van der Waals surface area contributed by atoms with Gasteiger partial charge in [-0.15, -0.1) is 0 Å². The number of nitrogens with one attached hydrogen (secondary N) is 1.